The molecule has 19 heavy (non-hydrogen) atoms. The van der Waals surface area contributed by atoms with E-state index < -0.39 is 29.3 Å². The molecule has 0 aliphatic heterocycles. The van der Waals surface area contributed by atoms with Gasteiger partial charge in [-0.3, -0.25) is 14.4 Å². The molecular weight excluding hydrogens is 248 g/mol. The van der Waals surface area contributed by atoms with Crippen LogP contribution in [-0.2, 0) is 14.4 Å². The van der Waals surface area contributed by atoms with E-state index in [1.165, 1.54) is 4.90 Å². The number of likely N-dealkylation sites (N-methyl/N-ethyl adjacent to an activating group) is 1. The Morgan fingerprint density at radius 1 is 1.26 bits per heavy atom. The van der Waals surface area contributed by atoms with Crippen molar-refractivity contribution in [3.63, 3.8) is 0 Å². The molecule has 0 bridgehead atoms. The van der Waals surface area contributed by atoms with Gasteiger partial charge >= 0.3 is 5.97 Å². The summed E-state index contributed by atoms with van der Waals surface area (Å²) in [6.45, 7) is 8.93. The van der Waals surface area contributed by atoms with Gasteiger partial charge in [0, 0.05) is 13.6 Å². The van der Waals surface area contributed by atoms with E-state index in [-0.39, 0.29) is 5.91 Å². The maximum absolute atomic E-state index is 12.0. The quantitative estimate of drug-likeness (QED) is 0.722. The summed E-state index contributed by atoms with van der Waals surface area (Å²) in [5.74, 6) is -3.25. The Balaban J connectivity index is 4.85. The van der Waals surface area contributed by atoms with Crippen molar-refractivity contribution in [1.82, 2.24) is 10.2 Å². The molecule has 6 nitrogen and oxygen atoms in total. The number of carboxylic acids is 1. The molecule has 2 amide bonds. The minimum atomic E-state index is -1.19. The Kier molecular flexibility index (Phi) is 5.99. The van der Waals surface area contributed by atoms with Gasteiger partial charge in [0.25, 0.3) is 0 Å². The predicted octanol–water partition coefficient (Wildman–Crippen LogP) is 0.716. The lowest BCUT2D eigenvalue weighted by molar-refractivity contribution is -0.152. The van der Waals surface area contributed by atoms with Crippen molar-refractivity contribution < 1.29 is 19.5 Å². The topological polar surface area (TPSA) is 86.7 Å². The average Bonchev–Trinajstić information content (AvgIpc) is 2.23. The molecule has 2 unspecified atom stereocenters. The first-order valence-electron chi connectivity index (χ1n) is 6.30. The van der Waals surface area contributed by atoms with Crippen LogP contribution in [0.25, 0.3) is 0 Å². The van der Waals surface area contributed by atoms with Crippen molar-refractivity contribution in [2.75, 3.05) is 13.6 Å². The fraction of sp³-hybridized carbons (Fsp3) is 0.769. The van der Waals surface area contributed by atoms with Crippen LogP contribution in [0.4, 0.5) is 0 Å². The SMILES string of the molecule is CCN(C)C(=O)C(C)NC(=O)C(C(=O)O)C(C)(C)C. The third-order valence-electron chi connectivity index (χ3n) is 2.95. The summed E-state index contributed by atoms with van der Waals surface area (Å²) >= 11 is 0. The van der Waals surface area contributed by atoms with E-state index >= 15 is 0 Å². The van der Waals surface area contributed by atoms with Crippen molar-refractivity contribution in [3.8, 4) is 0 Å². The maximum Gasteiger partial charge on any atom is 0.316 e. The molecule has 0 aromatic heterocycles. The standard InChI is InChI=1S/C13H24N2O4/c1-7-15(6)11(17)8(2)14-10(16)9(12(18)19)13(3,4)5/h8-9H,7H2,1-6H3,(H,14,16)(H,18,19). The van der Waals surface area contributed by atoms with Crippen LogP contribution in [0.3, 0.4) is 0 Å². The largest absolute Gasteiger partial charge is 0.481 e. The molecular formula is C13H24N2O4. The fourth-order valence-electron chi connectivity index (χ4n) is 1.72. The first-order chi connectivity index (χ1) is 8.52. The van der Waals surface area contributed by atoms with Crippen LogP contribution < -0.4 is 5.32 Å². The molecule has 0 saturated carbocycles. The molecule has 0 fully saturated rings. The summed E-state index contributed by atoms with van der Waals surface area (Å²) in [7, 11) is 1.63. The molecule has 6 heteroatoms. The molecule has 2 atom stereocenters. The Morgan fingerprint density at radius 3 is 2.05 bits per heavy atom. The zero-order valence-corrected chi connectivity index (χ0v) is 12.5. The van der Waals surface area contributed by atoms with Crippen LogP contribution in [0.15, 0.2) is 0 Å². The number of rotatable bonds is 5. The summed E-state index contributed by atoms with van der Waals surface area (Å²) in [5.41, 5.74) is -0.713. The second-order valence-electron chi connectivity index (χ2n) is 5.72. The number of hydrogen-bond acceptors (Lipinski definition) is 3. The van der Waals surface area contributed by atoms with E-state index in [1.807, 2.05) is 6.92 Å². The highest BCUT2D eigenvalue weighted by atomic mass is 16.4. The molecule has 0 aliphatic carbocycles. The van der Waals surface area contributed by atoms with Crippen LogP contribution in [0.5, 0.6) is 0 Å². The maximum atomic E-state index is 12.0. The molecule has 2 N–H and O–H groups in total. The lowest BCUT2D eigenvalue weighted by atomic mass is 9.80. The van der Waals surface area contributed by atoms with E-state index in [0.29, 0.717) is 6.54 Å². The molecule has 0 aromatic rings. The number of carbonyl (C=O) groups is 3. The van der Waals surface area contributed by atoms with Gasteiger partial charge in [0.2, 0.25) is 11.8 Å². The highest BCUT2D eigenvalue weighted by molar-refractivity contribution is 5.99. The zero-order valence-electron chi connectivity index (χ0n) is 12.5. The third kappa shape index (κ3) is 4.89. The second-order valence-corrected chi connectivity index (χ2v) is 5.72. The van der Waals surface area contributed by atoms with Gasteiger partial charge in [0.05, 0.1) is 0 Å². The molecule has 110 valence electrons. The van der Waals surface area contributed by atoms with Gasteiger partial charge in [-0.2, -0.15) is 0 Å². The number of nitrogens with zero attached hydrogens (tertiary/aromatic N) is 1. The minimum absolute atomic E-state index is 0.242. The Hall–Kier alpha value is -1.59. The van der Waals surface area contributed by atoms with E-state index in [2.05, 4.69) is 5.32 Å². The molecule has 0 rings (SSSR count). The van der Waals surface area contributed by atoms with Crippen molar-refractivity contribution in [1.29, 1.82) is 0 Å². The normalized spacial score (nSPS) is 14.4. The van der Waals surface area contributed by atoms with E-state index in [1.54, 1.807) is 34.7 Å². The van der Waals surface area contributed by atoms with Gasteiger partial charge in [-0.15, -0.1) is 0 Å². The van der Waals surface area contributed by atoms with Crippen LogP contribution in [-0.4, -0.2) is 47.4 Å². The Morgan fingerprint density at radius 2 is 1.74 bits per heavy atom. The van der Waals surface area contributed by atoms with Crippen LogP contribution >= 0.6 is 0 Å². The van der Waals surface area contributed by atoms with Crippen molar-refractivity contribution in [3.05, 3.63) is 0 Å². The molecule has 0 radical (unpaired) electrons. The smallest absolute Gasteiger partial charge is 0.316 e. The number of carbonyl (C=O) groups excluding carboxylic acids is 2. The van der Waals surface area contributed by atoms with E-state index in [9.17, 15) is 14.4 Å². The minimum Gasteiger partial charge on any atom is -0.481 e. The lowest BCUT2D eigenvalue weighted by Crippen LogP contribution is -2.50. The Labute approximate surface area is 114 Å². The number of amides is 2. The molecule has 0 aromatic carbocycles. The first kappa shape index (κ1) is 17.4. The van der Waals surface area contributed by atoms with E-state index in [4.69, 9.17) is 5.11 Å². The predicted molar refractivity (Wildman–Crippen MR) is 71.5 cm³/mol. The van der Waals surface area contributed by atoms with Gasteiger partial charge in [0.15, 0.2) is 0 Å². The monoisotopic (exact) mass is 272 g/mol. The van der Waals surface area contributed by atoms with Gasteiger partial charge in [-0.05, 0) is 19.3 Å². The highest BCUT2D eigenvalue weighted by Gasteiger charge is 2.38. The summed E-state index contributed by atoms with van der Waals surface area (Å²) < 4.78 is 0. The first-order valence-corrected chi connectivity index (χ1v) is 6.30. The van der Waals surface area contributed by atoms with Crippen molar-refractivity contribution in [2.45, 2.75) is 40.7 Å². The molecule has 0 saturated heterocycles. The summed E-state index contributed by atoms with van der Waals surface area (Å²) in [6, 6.07) is -0.735. The van der Waals surface area contributed by atoms with Crippen LogP contribution in [0, 0.1) is 11.3 Å². The van der Waals surface area contributed by atoms with Gasteiger partial charge in [0.1, 0.15) is 12.0 Å². The summed E-state index contributed by atoms with van der Waals surface area (Å²) in [4.78, 5) is 36.5. The van der Waals surface area contributed by atoms with Gasteiger partial charge in [-0.1, -0.05) is 20.8 Å². The number of aliphatic carboxylic acids is 1. The number of nitrogens with one attached hydrogen (secondary N) is 1. The van der Waals surface area contributed by atoms with Gasteiger partial charge < -0.3 is 15.3 Å². The molecule has 0 heterocycles. The van der Waals surface area contributed by atoms with Gasteiger partial charge in [-0.25, -0.2) is 0 Å². The second kappa shape index (κ2) is 6.54. The molecule has 0 spiro atoms. The van der Waals surface area contributed by atoms with Crippen molar-refractivity contribution >= 4 is 17.8 Å². The third-order valence-corrected chi connectivity index (χ3v) is 2.95. The van der Waals surface area contributed by atoms with E-state index in [0.717, 1.165) is 0 Å². The van der Waals surface area contributed by atoms with Crippen LogP contribution in [0.1, 0.15) is 34.6 Å². The highest BCUT2D eigenvalue weighted by Crippen LogP contribution is 2.26. The number of hydrogen-bond donors (Lipinski definition) is 2. The number of carboxylic acid groups (broad SMARTS) is 1. The lowest BCUT2D eigenvalue weighted by Gasteiger charge is -2.28. The van der Waals surface area contributed by atoms with Crippen molar-refractivity contribution in [2.24, 2.45) is 11.3 Å². The average molecular weight is 272 g/mol. The Bertz CT molecular complexity index is 360. The fourth-order valence-corrected chi connectivity index (χ4v) is 1.72. The summed E-state index contributed by atoms with van der Waals surface area (Å²) in [5, 5.41) is 11.6. The zero-order chi connectivity index (χ0) is 15.4. The molecule has 0 aliphatic rings. The summed E-state index contributed by atoms with van der Waals surface area (Å²) in [6.07, 6.45) is 0. The van der Waals surface area contributed by atoms with Crippen LogP contribution in [0.2, 0.25) is 0 Å².